The lowest BCUT2D eigenvalue weighted by atomic mass is 9.93. The zero-order chi connectivity index (χ0) is 17.6. The van der Waals surface area contributed by atoms with Crippen LogP contribution in [0.15, 0.2) is 12.3 Å². The van der Waals surface area contributed by atoms with Crippen LogP contribution >= 0.6 is 0 Å². The van der Waals surface area contributed by atoms with Gasteiger partial charge in [0.25, 0.3) is 5.91 Å². The third kappa shape index (κ3) is 6.14. The molecule has 0 saturated carbocycles. The van der Waals surface area contributed by atoms with Crippen LogP contribution < -0.4 is 15.8 Å². The minimum Gasteiger partial charge on any atom is -0.477 e. The normalized spacial score (nSPS) is 11.9. The van der Waals surface area contributed by atoms with E-state index in [0.29, 0.717) is 24.9 Å². The third-order valence-electron chi connectivity index (χ3n) is 3.03. The lowest BCUT2D eigenvalue weighted by Crippen LogP contribution is -2.31. The molecule has 0 aromatic carbocycles. The number of hydrogen-bond donors (Lipinski definition) is 2. The monoisotopic (exact) mass is 322 g/mol. The van der Waals surface area contributed by atoms with Crippen molar-refractivity contribution in [2.75, 3.05) is 13.2 Å². The number of nitrogens with zero attached hydrogens (tertiary/aromatic N) is 2. The Morgan fingerprint density at radius 1 is 1.48 bits per heavy atom. The Morgan fingerprint density at radius 3 is 2.65 bits per heavy atom. The molecule has 0 fully saturated rings. The number of primary amides is 1. The van der Waals surface area contributed by atoms with Crippen molar-refractivity contribution in [2.45, 2.75) is 34.6 Å². The van der Waals surface area contributed by atoms with E-state index in [-0.39, 0.29) is 16.9 Å². The molecular weight excluding hydrogens is 296 g/mol. The number of hydrogen-bond acceptors (Lipinski definition) is 4. The van der Waals surface area contributed by atoms with Crippen LogP contribution in [0.4, 0.5) is 0 Å². The number of amides is 2. The summed E-state index contributed by atoms with van der Waals surface area (Å²) in [5.74, 6) is -0.0273. The molecule has 23 heavy (non-hydrogen) atoms. The van der Waals surface area contributed by atoms with Crippen LogP contribution in [0.1, 0.15) is 45.0 Å². The molecule has 2 amide bonds. The second-order valence-electron chi connectivity index (χ2n) is 6.59. The minimum atomic E-state index is -0.582. The highest BCUT2D eigenvalue weighted by atomic mass is 16.5. The van der Waals surface area contributed by atoms with Crippen LogP contribution in [0.2, 0.25) is 0 Å². The van der Waals surface area contributed by atoms with Crippen molar-refractivity contribution in [3.05, 3.63) is 17.8 Å². The Labute approximate surface area is 136 Å². The third-order valence-corrected chi connectivity index (χ3v) is 3.03. The quantitative estimate of drug-likeness (QED) is 0.760. The lowest BCUT2D eigenvalue weighted by Gasteiger charge is -2.20. The van der Waals surface area contributed by atoms with E-state index in [9.17, 15) is 9.59 Å². The highest BCUT2D eigenvalue weighted by Gasteiger charge is 2.18. The Balaban J connectivity index is 2.96. The number of aromatic nitrogens is 2. The molecule has 7 heteroatoms. The number of rotatable bonds is 8. The number of carbonyl (C=O) groups is 2. The maximum atomic E-state index is 11.5. The van der Waals surface area contributed by atoms with Crippen LogP contribution in [0.5, 0.6) is 5.88 Å². The van der Waals surface area contributed by atoms with Crippen LogP contribution in [-0.4, -0.2) is 34.7 Å². The predicted molar refractivity (Wildman–Crippen MR) is 88.9 cm³/mol. The number of ether oxygens (including phenoxy) is 1. The number of carbonyl (C=O) groups excluding carboxylic acids is 2. The van der Waals surface area contributed by atoms with Gasteiger partial charge in [-0.2, -0.15) is 5.10 Å². The summed E-state index contributed by atoms with van der Waals surface area (Å²) in [4.78, 5) is 22.5. The number of nitrogens with two attached hydrogens (primary N) is 1. The molecule has 0 aliphatic heterocycles. The average molecular weight is 322 g/mol. The van der Waals surface area contributed by atoms with Crippen molar-refractivity contribution in [3.8, 4) is 5.88 Å². The van der Waals surface area contributed by atoms with E-state index in [4.69, 9.17) is 10.5 Å². The molecule has 0 aliphatic rings. The first-order valence-electron chi connectivity index (χ1n) is 7.56. The van der Waals surface area contributed by atoms with E-state index in [1.54, 1.807) is 6.20 Å². The maximum absolute atomic E-state index is 11.5. The summed E-state index contributed by atoms with van der Waals surface area (Å²) in [6, 6.07) is 0. The molecule has 0 spiro atoms. The van der Waals surface area contributed by atoms with E-state index in [1.165, 1.54) is 17.8 Å². The molecule has 0 atom stereocenters. The summed E-state index contributed by atoms with van der Waals surface area (Å²) in [5.41, 5.74) is 5.32. The Morgan fingerprint density at radius 2 is 2.13 bits per heavy atom. The smallest absolute Gasteiger partial charge is 0.255 e. The van der Waals surface area contributed by atoms with E-state index in [0.717, 1.165) is 0 Å². The molecule has 0 bridgehead atoms. The van der Waals surface area contributed by atoms with Crippen LogP contribution in [0.3, 0.4) is 0 Å². The largest absolute Gasteiger partial charge is 0.477 e. The number of nitrogens with one attached hydrogen (secondary N) is 1. The van der Waals surface area contributed by atoms with E-state index in [2.05, 4.69) is 10.4 Å². The van der Waals surface area contributed by atoms with Gasteiger partial charge in [-0.3, -0.25) is 9.59 Å². The van der Waals surface area contributed by atoms with Crippen molar-refractivity contribution in [3.63, 3.8) is 0 Å². The topological polar surface area (TPSA) is 99.2 Å². The summed E-state index contributed by atoms with van der Waals surface area (Å²) < 4.78 is 7.16. The van der Waals surface area contributed by atoms with Gasteiger partial charge in [-0.1, -0.05) is 33.8 Å². The summed E-state index contributed by atoms with van der Waals surface area (Å²) in [6.07, 6.45) is 5.00. The van der Waals surface area contributed by atoms with Crippen LogP contribution in [0.25, 0.3) is 6.20 Å². The highest BCUT2D eigenvalue weighted by molar-refractivity contribution is 5.95. The molecule has 1 heterocycles. The van der Waals surface area contributed by atoms with Gasteiger partial charge in [-0.15, -0.1) is 0 Å². The first kappa shape index (κ1) is 18.7. The van der Waals surface area contributed by atoms with Gasteiger partial charge in [0.1, 0.15) is 5.56 Å². The maximum Gasteiger partial charge on any atom is 0.255 e. The second-order valence-corrected chi connectivity index (χ2v) is 6.59. The predicted octanol–water partition coefficient (Wildman–Crippen LogP) is 1.65. The molecule has 1 aromatic heterocycles. The van der Waals surface area contributed by atoms with Crippen molar-refractivity contribution in [2.24, 2.45) is 17.1 Å². The van der Waals surface area contributed by atoms with Crippen molar-refractivity contribution < 1.29 is 14.3 Å². The van der Waals surface area contributed by atoms with E-state index in [1.807, 2.05) is 33.8 Å². The minimum absolute atomic E-state index is 0.0810. The Hall–Kier alpha value is -2.31. The van der Waals surface area contributed by atoms with Gasteiger partial charge in [0.2, 0.25) is 11.8 Å². The van der Waals surface area contributed by atoms with Crippen molar-refractivity contribution in [1.82, 2.24) is 15.1 Å². The molecular formula is C16H26N4O3. The summed E-state index contributed by atoms with van der Waals surface area (Å²) in [7, 11) is 0. The van der Waals surface area contributed by atoms with Gasteiger partial charge in [0.15, 0.2) is 0 Å². The fourth-order valence-electron chi connectivity index (χ4n) is 1.70. The standard InChI is InChI=1S/C16H26N4O3/c1-11(2)9-23-15-13(14(17)22)8-19-20(15)7-6-16(4,5)10-18-12(3)21/h6-8,11H,9-10H2,1-5H3,(H2,17,22)(H,18,21)/b7-6+. The molecule has 0 saturated heterocycles. The zero-order valence-electron chi connectivity index (χ0n) is 14.4. The molecule has 1 rings (SSSR count). The Bertz CT molecular complexity index is 588. The lowest BCUT2D eigenvalue weighted by molar-refractivity contribution is -0.119. The van der Waals surface area contributed by atoms with Gasteiger partial charge >= 0.3 is 0 Å². The van der Waals surface area contributed by atoms with Crippen molar-refractivity contribution in [1.29, 1.82) is 0 Å². The molecule has 0 unspecified atom stereocenters. The highest BCUT2D eigenvalue weighted by Crippen LogP contribution is 2.22. The van der Waals surface area contributed by atoms with Gasteiger partial charge in [-0.05, 0) is 5.92 Å². The van der Waals surface area contributed by atoms with Crippen molar-refractivity contribution >= 4 is 18.0 Å². The Kier molecular flexibility index (Phi) is 6.36. The fraction of sp³-hybridized carbons (Fsp3) is 0.562. The second kappa shape index (κ2) is 7.80. The van der Waals surface area contributed by atoms with Gasteiger partial charge in [0.05, 0.1) is 12.8 Å². The zero-order valence-corrected chi connectivity index (χ0v) is 14.4. The van der Waals surface area contributed by atoms with Gasteiger partial charge in [0, 0.05) is 25.1 Å². The molecule has 7 nitrogen and oxygen atoms in total. The SMILES string of the molecule is CC(=O)NCC(C)(C)/C=C/n1ncc(C(N)=O)c1OCC(C)C. The summed E-state index contributed by atoms with van der Waals surface area (Å²) in [6.45, 7) is 10.4. The van der Waals surface area contributed by atoms with E-state index >= 15 is 0 Å². The van der Waals surface area contributed by atoms with Crippen LogP contribution in [-0.2, 0) is 4.79 Å². The molecule has 0 radical (unpaired) electrons. The summed E-state index contributed by atoms with van der Waals surface area (Å²) >= 11 is 0. The van der Waals surface area contributed by atoms with Crippen LogP contribution in [0, 0.1) is 11.3 Å². The first-order chi connectivity index (χ1) is 10.6. The summed E-state index contributed by atoms with van der Waals surface area (Å²) in [5, 5.41) is 6.91. The molecule has 128 valence electrons. The first-order valence-corrected chi connectivity index (χ1v) is 7.56. The molecule has 3 N–H and O–H groups in total. The van der Waals surface area contributed by atoms with Gasteiger partial charge < -0.3 is 15.8 Å². The molecule has 1 aromatic rings. The average Bonchev–Trinajstić information content (AvgIpc) is 2.84. The fourth-order valence-corrected chi connectivity index (χ4v) is 1.70. The molecule has 0 aliphatic carbocycles. The van der Waals surface area contributed by atoms with Gasteiger partial charge in [-0.25, -0.2) is 4.68 Å². The van der Waals surface area contributed by atoms with E-state index < -0.39 is 5.91 Å².